The van der Waals surface area contributed by atoms with Crippen molar-refractivity contribution >= 4 is 28.3 Å². The Labute approximate surface area is 193 Å². The lowest BCUT2D eigenvalue weighted by Gasteiger charge is -2.11. The third kappa shape index (κ3) is 4.89. The summed E-state index contributed by atoms with van der Waals surface area (Å²) in [6.45, 7) is 10.7. The number of anilines is 1. The molecule has 8 nitrogen and oxygen atoms in total. The maximum absolute atomic E-state index is 11.9. The number of carbonyl (C=O) groups excluding carboxylic acids is 1. The van der Waals surface area contributed by atoms with Crippen LogP contribution in [0.3, 0.4) is 0 Å². The molecular formula is C25H32N6O2. The lowest BCUT2D eigenvalue weighted by atomic mass is 10.0. The first-order valence-corrected chi connectivity index (χ1v) is 11.7. The van der Waals surface area contributed by atoms with Gasteiger partial charge in [-0.1, -0.05) is 31.5 Å². The number of aromatic nitrogens is 5. The number of nitrogens with zero attached hydrogens (tertiary/aromatic N) is 5. The zero-order valence-corrected chi connectivity index (χ0v) is 20.1. The largest absolute Gasteiger partial charge is 0.367 e. The van der Waals surface area contributed by atoms with Crippen LogP contribution >= 0.6 is 0 Å². The Bertz CT molecular complexity index is 1270. The van der Waals surface area contributed by atoms with E-state index in [1.807, 2.05) is 31.2 Å². The Hall–Kier alpha value is -3.29. The van der Waals surface area contributed by atoms with Gasteiger partial charge >= 0.3 is 0 Å². The quantitative estimate of drug-likeness (QED) is 0.322. The molecule has 4 rings (SSSR count). The van der Waals surface area contributed by atoms with Crippen molar-refractivity contribution in [3.05, 3.63) is 35.5 Å². The highest BCUT2D eigenvalue weighted by atomic mass is 16.5. The van der Waals surface area contributed by atoms with Gasteiger partial charge in [0.2, 0.25) is 5.65 Å². The molecule has 0 amide bonds. The second kappa shape index (κ2) is 9.68. The van der Waals surface area contributed by atoms with Gasteiger partial charge in [-0.2, -0.15) is 0 Å². The molecule has 3 aromatic heterocycles. The summed E-state index contributed by atoms with van der Waals surface area (Å²) in [5.74, 6) is 3.12. The van der Waals surface area contributed by atoms with Crippen molar-refractivity contribution in [2.24, 2.45) is 5.92 Å². The number of benzene rings is 1. The molecule has 1 aromatic carbocycles. The molecule has 4 aromatic rings. The van der Waals surface area contributed by atoms with Gasteiger partial charge in [0.15, 0.2) is 5.82 Å². The fourth-order valence-corrected chi connectivity index (χ4v) is 4.33. The van der Waals surface area contributed by atoms with E-state index in [0.29, 0.717) is 24.5 Å². The van der Waals surface area contributed by atoms with Crippen LogP contribution in [0.2, 0.25) is 0 Å². The van der Waals surface area contributed by atoms with Gasteiger partial charge in [-0.15, -0.1) is 10.2 Å². The highest BCUT2D eigenvalue weighted by Crippen LogP contribution is 2.30. The number of aryl methyl sites for hydroxylation is 3. The number of carbonyl (C=O) groups is 1. The molecule has 1 N–H and O–H groups in total. The second-order valence-electron chi connectivity index (χ2n) is 9.14. The van der Waals surface area contributed by atoms with Crippen molar-refractivity contribution in [1.82, 2.24) is 24.7 Å². The highest BCUT2D eigenvalue weighted by Gasteiger charge is 2.16. The minimum atomic E-state index is 0.365. The summed E-state index contributed by atoms with van der Waals surface area (Å²) in [7, 11) is 0. The van der Waals surface area contributed by atoms with Crippen molar-refractivity contribution in [3.8, 4) is 11.1 Å². The molecule has 0 aliphatic heterocycles. The Morgan fingerprint density at radius 2 is 1.94 bits per heavy atom. The summed E-state index contributed by atoms with van der Waals surface area (Å²) in [4.78, 5) is 16.8. The van der Waals surface area contributed by atoms with Gasteiger partial charge in [0.25, 0.3) is 0 Å². The molecule has 0 aliphatic rings. The number of ketones is 1. The second-order valence-corrected chi connectivity index (χ2v) is 9.14. The van der Waals surface area contributed by atoms with Crippen LogP contribution in [0.25, 0.3) is 27.8 Å². The normalized spacial score (nSPS) is 11.7. The van der Waals surface area contributed by atoms with E-state index in [4.69, 9.17) is 9.51 Å². The van der Waals surface area contributed by atoms with E-state index in [0.717, 1.165) is 76.7 Å². The van der Waals surface area contributed by atoms with E-state index < -0.39 is 0 Å². The zero-order chi connectivity index (χ0) is 23.5. The molecule has 0 unspecified atom stereocenters. The fourth-order valence-electron chi connectivity index (χ4n) is 4.33. The lowest BCUT2D eigenvalue weighted by Crippen LogP contribution is -2.07. The van der Waals surface area contributed by atoms with Crippen molar-refractivity contribution in [2.75, 3.05) is 11.9 Å². The van der Waals surface area contributed by atoms with Crippen LogP contribution in [0.15, 0.2) is 22.7 Å². The standard InChI is InChI=1S/C25H32N6O2/c1-15(2)13-20(32)9-7-6-8-12-26-24-25-29-28-18(5)31(25)22-11-10-19(14-21(22)27-24)23-16(3)30-33-17(23)4/h10-11,14-15H,6-9,12-13H2,1-5H3,(H,26,27). The van der Waals surface area contributed by atoms with Gasteiger partial charge < -0.3 is 9.84 Å². The Morgan fingerprint density at radius 1 is 1.12 bits per heavy atom. The van der Waals surface area contributed by atoms with Gasteiger partial charge in [0.1, 0.15) is 17.4 Å². The molecule has 3 heterocycles. The third-order valence-electron chi connectivity index (χ3n) is 5.87. The van der Waals surface area contributed by atoms with E-state index in [1.165, 1.54) is 0 Å². The molecule has 33 heavy (non-hydrogen) atoms. The first kappa shape index (κ1) is 22.9. The SMILES string of the molecule is Cc1noc(C)c1-c1ccc2c(c1)nc(NCCCCCC(=O)CC(C)C)c1nnc(C)n12. The number of hydrogen-bond donors (Lipinski definition) is 1. The van der Waals surface area contributed by atoms with Crippen molar-refractivity contribution in [2.45, 2.75) is 66.7 Å². The number of Topliss-reactive ketones (excluding diaryl/α,β-unsaturated/α-hetero) is 1. The van der Waals surface area contributed by atoms with Gasteiger partial charge in [0.05, 0.1) is 16.7 Å². The summed E-state index contributed by atoms with van der Waals surface area (Å²) in [5.41, 5.74) is 5.41. The van der Waals surface area contributed by atoms with E-state index in [1.54, 1.807) is 0 Å². The number of fused-ring (bicyclic) bond motifs is 3. The van der Waals surface area contributed by atoms with Crippen LogP contribution in [-0.4, -0.2) is 37.1 Å². The summed E-state index contributed by atoms with van der Waals surface area (Å²) in [6, 6.07) is 6.17. The van der Waals surface area contributed by atoms with Gasteiger partial charge in [-0.05, 0) is 57.2 Å². The van der Waals surface area contributed by atoms with Crippen LogP contribution in [-0.2, 0) is 4.79 Å². The summed E-state index contributed by atoms with van der Waals surface area (Å²) in [6.07, 6.45) is 4.25. The summed E-state index contributed by atoms with van der Waals surface area (Å²) >= 11 is 0. The molecule has 174 valence electrons. The Kier molecular flexibility index (Phi) is 6.72. The van der Waals surface area contributed by atoms with Crippen molar-refractivity contribution in [1.29, 1.82) is 0 Å². The van der Waals surface area contributed by atoms with Crippen LogP contribution in [0, 0.1) is 26.7 Å². The van der Waals surface area contributed by atoms with Crippen LogP contribution in [0.1, 0.15) is 63.2 Å². The predicted molar refractivity (Wildman–Crippen MR) is 129 cm³/mol. The smallest absolute Gasteiger partial charge is 0.204 e. The third-order valence-corrected chi connectivity index (χ3v) is 5.87. The summed E-state index contributed by atoms with van der Waals surface area (Å²) in [5, 5.41) is 16.2. The van der Waals surface area contributed by atoms with Crippen LogP contribution in [0.4, 0.5) is 5.82 Å². The minimum absolute atomic E-state index is 0.365. The number of nitrogens with one attached hydrogen (secondary N) is 1. The average Bonchev–Trinajstić information content (AvgIpc) is 3.31. The maximum atomic E-state index is 11.9. The van der Waals surface area contributed by atoms with E-state index in [-0.39, 0.29) is 0 Å². The number of unbranched alkanes of at least 4 members (excludes halogenated alkanes) is 2. The molecule has 0 saturated heterocycles. The van der Waals surface area contributed by atoms with Crippen LogP contribution < -0.4 is 5.32 Å². The predicted octanol–water partition coefficient (Wildman–Crippen LogP) is 5.45. The monoisotopic (exact) mass is 448 g/mol. The van der Waals surface area contributed by atoms with E-state index in [2.05, 4.69) is 46.7 Å². The summed E-state index contributed by atoms with van der Waals surface area (Å²) < 4.78 is 7.39. The van der Waals surface area contributed by atoms with E-state index >= 15 is 0 Å². The molecule has 0 aliphatic carbocycles. The molecule has 0 saturated carbocycles. The first-order valence-electron chi connectivity index (χ1n) is 11.7. The molecule has 0 fully saturated rings. The Balaban J connectivity index is 1.52. The highest BCUT2D eigenvalue weighted by molar-refractivity contribution is 5.87. The zero-order valence-electron chi connectivity index (χ0n) is 20.1. The minimum Gasteiger partial charge on any atom is -0.367 e. The number of rotatable bonds is 10. The maximum Gasteiger partial charge on any atom is 0.204 e. The molecular weight excluding hydrogens is 416 g/mol. The topological polar surface area (TPSA) is 98.2 Å². The molecule has 0 radical (unpaired) electrons. The van der Waals surface area contributed by atoms with Gasteiger partial charge in [-0.25, -0.2) is 4.98 Å². The molecule has 0 bridgehead atoms. The number of hydrogen-bond acceptors (Lipinski definition) is 7. The van der Waals surface area contributed by atoms with Crippen molar-refractivity contribution < 1.29 is 9.32 Å². The van der Waals surface area contributed by atoms with Gasteiger partial charge in [-0.3, -0.25) is 9.20 Å². The molecule has 8 heteroatoms. The van der Waals surface area contributed by atoms with Crippen LogP contribution in [0.5, 0.6) is 0 Å². The molecule has 0 atom stereocenters. The van der Waals surface area contributed by atoms with Gasteiger partial charge in [0, 0.05) is 24.9 Å². The first-order chi connectivity index (χ1) is 15.8. The lowest BCUT2D eigenvalue weighted by molar-refractivity contribution is -0.119. The fraction of sp³-hybridized carbons (Fsp3) is 0.480. The average molecular weight is 449 g/mol. The Morgan fingerprint density at radius 3 is 2.67 bits per heavy atom. The van der Waals surface area contributed by atoms with Crippen molar-refractivity contribution in [3.63, 3.8) is 0 Å². The molecule has 0 spiro atoms. The van der Waals surface area contributed by atoms with E-state index in [9.17, 15) is 4.79 Å².